The van der Waals surface area contributed by atoms with Gasteiger partial charge < -0.3 is 9.80 Å². The molecule has 1 atom stereocenters. The van der Waals surface area contributed by atoms with Crippen LogP contribution in [-0.4, -0.2) is 57.2 Å². The number of nitrogens with one attached hydrogen (secondary N) is 1. The summed E-state index contributed by atoms with van der Waals surface area (Å²) in [5.74, 6) is 0.611. The zero-order chi connectivity index (χ0) is 18.8. The van der Waals surface area contributed by atoms with Crippen molar-refractivity contribution < 1.29 is 4.79 Å². The lowest BCUT2D eigenvalue weighted by atomic mass is 10.2. The second-order valence-electron chi connectivity index (χ2n) is 6.73. The van der Waals surface area contributed by atoms with Crippen LogP contribution in [0.25, 0.3) is 11.0 Å². The minimum absolute atomic E-state index is 0.0510. The molecule has 1 fully saturated rings. The number of aromatic amines is 1. The number of carbonyl (C=O) groups excluding carboxylic acids is 1. The van der Waals surface area contributed by atoms with E-state index in [4.69, 9.17) is 0 Å². The predicted molar refractivity (Wildman–Crippen MR) is 102 cm³/mol. The molecule has 1 aliphatic heterocycles. The third kappa shape index (κ3) is 3.51. The van der Waals surface area contributed by atoms with Gasteiger partial charge in [-0.3, -0.25) is 14.6 Å². The van der Waals surface area contributed by atoms with E-state index >= 15 is 0 Å². The third-order valence-corrected chi connectivity index (χ3v) is 4.86. The Hall–Kier alpha value is -3.29. The maximum absolute atomic E-state index is 12.8. The van der Waals surface area contributed by atoms with Gasteiger partial charge in [-0.15, -0.1) is 0 Å². The fraction of sp³-hybridized carbons (Fsp3) is 0.316. The Morgan fingerprint density at radius 3 is 2.93 bits per heavy atom. The standard InChI is InChI=1S/C19H20N6O2/c1-24(17-11-20-15-6-2-3-7-16(15)22-17)12-14-5-4-8-25(14)19(27)13-9-18(26)23-21-10-13/h2-3,6-7,9-11,14H,4-5,8,12H2,1H3,(H,23,26). The molecule has 8 heteroatoms. The second-order valence-corrected chi connectivity index (χ2v) is 6.73. The zero-order valence-electron chi connectivity index (χ0n) is 15.0. The summed E-state index contributed by atoms with van der Waals surface area (Å²) in [5, 5.41) is 6.02. The van der Waals surface area contributed by atoms with E-state index in [0.717, 1.165) is 29.7 Å². The summed E-state index contributed by atoms with van der Waals surface area (Å²) in [7, 11) is 1.95. The topological polar surface area (TPSA) is 95.1 Å². The average Bonchev–Trinajstić information content (AvgIpc) is 3.15. The van der Waals surface area contributed by atoms with Gasteiger partial charge in [0.2, 0.25) is 0 Å². The number of fused-ring (bicyclic) bond motifs is 1. The first-order chi connectivity index (χ1) is 13.1. The number of H-pyrrole nitrogens is 1. The van der Waals surface area contributed by atoms with Crippen molar-refractivity contribution in [2.24, 2.45) is 0 Å². The van der Waals surface area contributed by atoms with Gasteiger partial charge in [0.15, 0.2) is 0 Å². The van der Waals surface area contributed by atoms with E-state index < -0.39 is 0 Å². The van der Waals surface area contributed by atoms with Crippen molar-refractivity contribution in [1.29, 1.82) is 0 Å². The molecular weight excluding hydrogens is 344 g/mol. The number of rotatable bonds is 4. The molecule has 0 radical (unpaired) electrons. The molecule has 1 unspecified atom stereocenters. The van der Waals surface area contributed by atoms with E-state index in [1.54, 1.807) is 6.20 Å². The summed E-state index contributed by atoms with van der Waals surface area (Å²) < 4.78 is 0. The van der Waals surface area contributed by atoms with Crippen molar-refractivity contribution in [3.63, 3.8) is 0 Å². The summed E-state index contributed by atoms with van der Waals surface area (Å²) >= 11 is 0. The molecular formula is C19H20N6O2. The molecule has 0 saturated carbocycles. The maximum atomic E-state index is 12.8. The average molecular weight is 364 g/mol. The largest absolute Gasteiger partial charge is 0.356 e. The number of benzene rings is 1. The van der Waals surface area contributed by atoms with Gasteiger partial charge in [-0.25, -0.2) is 10.1 Å². The van der Waals surface area contributed by atoms with E-state index in [0.29, 0.717) is 18.7 Å². The quantitative estimate of drug-likeness (QED) is 0.753. The number of anilines is 1. The van der Waals surface area contributed by atoms with E-state index in [1.165, 1.54) is 12.3 Å². The van der Waals surface area contributed by atoms with Crippen LogP contribution in [0.5, 0.6) is 0 Å². The van der Waals surface area contributed by atoms with E-state index in [-0.39, 0.29) is 17.5 Å². The molecule has 1 amide bonds. The van der Waals surface area contributed by atoms with Crippen LogP contribution >= 0.6 is 0 Å². The molecule has 138 valence electrons. The van der Waals surface area contributed by atoms with Gasteiger partial charge >= 0.3 is 0 Å². The smallest absolute Gasteiger partial charge is 0.264 e. The highest BCUT2D eigenvalue weighted by Gasteiger charge is 2.30. The van der Waals surface area contributed by atoms with Crippen LogP contribution in [0.2, 0.25) is 0 Å². The zero-order valence-corrected chi connectivity index (χ0v) is 15.0. The lowest BCUT2D eigenvalue weighted by Gasteiger charge is -2.29. The maximum Gasteiger partial charge on any atom is 0.264 e. The van der Waals surface area contributed by atoms with E-state index in [1.807, 2.05) is 41.1 Å². The Morgan fingerprint density at radius 2 is 2.11 bits per heavy atom. The Kier molecular flexibility index (Phi) is 4.53. The second kappa shape index (κ2) is 7.14. The van der Waals surface area contributed by atoms with Crippen molar-refractivity contribution in [1.82, 2.24) is 25.1 Å². The molecule has 2 aromatic heterocycles. The number of carbonyl (C=O) groups is 1. The van der Waals surface area contributed by atoms with Crippen LogP contribution in [0, 0.1) is 0 Å². The fourth-order valence-electron chi connectivity index (χ4n) is 3.49. The number of aromatic nitrogens is 4. The number of likely N-dealkylation sites (tertiary alicyclic amines) is 1. The van der Waals surface area contributed by atoms with E-state index in [2.05, 4.69) is 20.2 Å². The molecule has 1 aromatic carbocycles. The monoisotopic (exact) mass is 364 g/mol. The van der Waals surface area contributed by atoms with Gasteiger partial charge in [0, 0.05) is 32.2 Å². The molecule has 1 N–H and O–H groups in total. The molecule has 27 heavy (non-hydrogen) atoms. The van der Waals surface area contributed by atoms with Crippen LogP contribution in [-0.2, 0) is 0 Å². The van der Waals surface area contributed by atoms with Gasteiger partial charge in [-0.2, -0.15) is 5.10 Å². The van der Waals surface area contributed by atoms with Crippen LogP contribution in [0.1, 0.15) is 23.2 Å². The molecule has 8 nitrogen and oxygen atoms in total. The van der Waals surface area contributed by atoms with Crippen LogP contribution in [0.15, 0.2) is 47.5 Å². The van der Waals surface area contributed by atoms with Crippen molar-refractivity contribution >= 4 is 22.8 Å². The molecule has 0 spiro atoms. The summed E-state index contributed by atoms with van der Waals surface area (Å²) in [6.07, 6.45) is 5.00. The molecule has 3 aromatic rings. The first kappa shape index (κ1) is 17.1. The normalized spacial score (nSPS) is 16.6. The van der Waals surface area contributed by atoms with Gasteiger partial charge in [-0.1, -0.05) is 12.1 Å². The van der Waals surface area contributed by atoms with Gasteiger partial charge in [0.1, 0.15) is 5.82 Å². The number of likely N-dealkylation sites (N-methyl/N-ethyl adjacent to an activating group) is 1. The van der Waals surface area contributed by atoms with Crippen LogP contribution in [0.4, 0.5) is 5.82 Å². The van der Waals surface area contributed by atoms with Gasteiger partial charge in [0.25, 0.3) is 11.5 Å². The van der Waals surface area contributed by atoms with Gasteiger partial charge in [0.05, 0.1) is 29.0 Å². The number of hydrogen-bond acceptors (Lipinski definition) is 6. The molecule has 1 saturated heterocycles. The predicted octanol–water partition coefficient (Wildman–Crippen LogP) is 1.45. The van der Waals surface area contributed by atoms with Crippen molar-refractivity contribution in [2.75, 3.05) is 25.0 Å². The minimum atomic E-state index is -0.375. The lowest BCUT2D eigenvalue weighted by Crippen LogP contribution is -2.42. The highest BCUT2D eigenvalue weighted by molar-refractivity contribution is 5.94. The number of amides is 1. The number of nitrogens with zero attached hydrogens (tertiary/aromatic N) is 5. The first-order valence-corrected chi connectivity index (χ1v) is 8.90. The molecule has 4 rings (SSSR count). The van der Waals surface area contributed by atoms with Gasteiger partial charge in [-0.05, 0) is 25.0 Å². The number of hydrogen-bond donors (Lipinski definition) is 1. The minimum Gasteiger partial charge on any atom is -0.356 e. The Morgan fingerprint density at radius 1 is 1.30 bits per heavy atom. The molecule has 0 bridgehead atoms. The highest BCUT2D eigenvalue weighted by atomic mass is 16.2. The third-order valence-electron chi connectivity index (χ3n) is 4.86. The van der Waals surface area contributed by atoms with E-state index in [9.17, 15) is 9.59 Å². The molecule has 1 aliphatic rings. The Labute approximate surface area is 155 Å². The summed E-state index contributed by atoms with van der Waals surface area (Å²) in [6, 6.07) is 9.09. The lowest BCUT2D eigenvalue weighted by molar-refractivity contribution is 0.0740. The van der Waals surface area contributed by atoms with Crippen molar-refractivity contribution in [2.45, 2.75) is 18.9 Å². The summed E-state index contributed by atoms with van der Waals surface area (Å²) in [6.45, 7) is 1.32. The van der Waals surface area contributed by atoms with Crippen LogP contribution < -0.4 is 10.5 Å². The molecule has 3 heterocycles. The summed E-state index contributed by atoms with van der Waals surface area (Å²) in [5.41, 5.74) is 1.64. The Balaban J connectivity index is 1.51. The fourth-order valence-corrected chi connectivity index (χ4v) is 3.49. The van der Waals surface area contributed by atoms with Crippen molar-refractivity contribution in [3.05, 3.63) is 58.6 Å². The molecule has 0 aliphatic carbocycles. The van der Waals surface area contributed by atoms with Crippen molar-refractivity contribution in [3.8, 4) is 0 Å². The summed E-state index contributed by atoms with van der Waals surface area (Å²) in [4.78, 5) is 37.2. The number of para-hydroxylation sites is 2. The SMILES string of the molecule is CN(CC1CCCN1C(=O)c1cn[nH]c(=O)c1)c1cnc2ccccc2n1. The Bertz CT molecular complexity index is 1030. The highest BCUT2D eigenvalue weighted by Crippen LogP contribution is 2.22. The first-order valence-electron chi connectivity index (χ1n) is 8.90. The van der Waals surface area contributed by atoms with Crippen LogP contribution in [0.3, 0.4) is 0 Å².